The zero-order chi connectivity index (χ0) is 31.3. The first-order chi connectivity index (χ1) is 21.4. The Hall–Kier alpha value is -3.08. The summed E-state index contributed by atoms with van der Waals surface area (Å²) in [7, 11) is 0. The fraction of sp³-hybridized carbons (Fsp3) is 0.487. The number of hydrogen-bond donors (Lipinski definition) is 0. The number of benzene rings is 3. The highest BCUT2D eigenvalue weighted by atomic mass is 19.2. The molecule has 0 bridgehead atoms. The molecule has 0 spiro atoms. The van der Waals surface area contributed by atoms with Crippen LogP contribution in [0.25, 0.3) is 27.8 Å². The van der Waals surface area contributed by atoms with Crippen LogP contribution in [0.4, 0.5) is 17.6 Å². The lowest BCUT2D eigenvalue weighted by atomic mass is 9.83. The van der Waals surface area contributed by atoms with Crippen molar-refractivity contribution >= 4 is 5.57 Å². The van der Waals surface area contributed by atoms with Gasteiger partial charge < -0.3 is 4.74 Å². The van der Waals surface area contributed by atoms with Crippen LogP contribution >= 0.6 is 0 Å². The summed E-state index contributed by atoms with van der Waals surface area (Å²) in [5, 5.41) is 0. The number of rotatable bonds is 17. The highest BCUT2D eigenvalue weighted by molar-refractivity contribution is 5.74. The highest BCUT2D eigenvalue weighted by Crippen LogP contribution is 2.37. The maximum atomic E-state index is 15.3. The van der Waals surface area contributed by atoms with Crippen molar-refractivity contribution in [2.75, 3.05) is 6.61 Å². The average Bonchev–Trinajstić information content (AvgIpc) is 3.04. The first-order valence-electron chi connectivity index (χ1n) is 16.8. The van der Waals surface area contributed by atoms with E-state index in [-0.39, 0.29) is 16.9 Å². The molecule has 1 unspecified atom stereocenters. The molecule has 0 N–H and O–H groups in total. The summed E-state index contributed by atoms with van der Waals surface area (Å²) in [5.74, 6) is -3.20. The minimum absolute atomic E-state index is 0.0893. The zero-order valence-corrected chi connectivity index (χ0v) is 26.5. The molecule has 4 rings (SSSR count). The molecule has 0 fully saturated rings. The van der Waals surface area contributed by atoms with E-state index in [1.165, 1.54) is 69.9 Å². The Kier molecular flexibility index (Phi) is 13.4. The largest absolute Gasteiger partial charge is 0.490 e. The van der Waals surface area contributed by atoms with E-state index in [0.29, 0.717) is 29.2 Å². The summed E-state index contributed by atoms with van der Waals surface area (Å²) in [5.41, 5.74) is 2.36. The van der Waals surface area contributed by atoms with Crippen LogP contribution in [0.3, 0.4) is 0 Å². The molecule has 0 aliphatic heterocycles. The summed E-state index contributed by atoms with van der Waals surface area (Å²) in [4.78, 5) is 0. The topological polar surface area (TPSA) is 9.23 Å². The summed E-state index contributed by atoms with van der Waals surface area (Å²) in [6.45, 7) is 4.73. The molecule has 0 saturated heterocycles. The van der Waals surface area contributed by atoms with Crippen molar-refractivity contribution in [1.29, 1.82) is 0 Å². The van der Waals surface area contributed by atoms with Gasteiger partial charge in [0.2, 0.25) is 5.82 Å². The summed E-state index contributed by atoms with van der Waals surface area (Å²) < 4.78 is 65.9. The normalized spacial score (nSPS) is 15.0. The van der Waals surface area contributed by atoms with Crippen molar-refractivity contribution in [3.05, 3.63) is 83.4 Å². The second kappa shape index (κ2) is 17.4. The first kappa shape index (κ1) is 33.8. The molecule has 1 nitrogen and oxygen atoms in total. The van der Waals surface area contributed by atoms with Crippen LogP contribution in [0.5, 0.6) is 5.75 Å². The molecule has 44 heavy (non-hydrogen) atoms. The molecule has 3 aromatic carbocycles. The zero-order valence-electron chi connectivity index (χ0n) is 26.5. The van der Waals surface area contributed by atoms with Gasteiger partial charge in [0.05, 0.1) is 6.61 Å². The van der Waals surface area contributed by atoms with Gasteiger partial charge in [0.1, 0.15) is 0 Å². The molecule has 0 aromatic heterocycles. The van der Waals surface area contributed by atoms with Crippen molar-refractivity contribution in [2.45, 2.75) is 110 Å². The van der Waals surface area contributed by atoms with E-state index in [2.05, 4.69) is 19.9 Å². The van der Waals surface area contributed by atoms with Crippen molar-refractivity contribution in [2.24, 2.45) is 5.92 Å². The molecule has 1 atom stereocenters. The Morgan fingerprint density at radius 2 is 1.11 bits per heavy atom. The van der Waals surface area contributed by atoms with Crippen molar-refractivity contribution in [3.63, 3.8) is 0 Å². The highest BCUT2D eigenvalue weighted by Gasteiger charge is 2.22. The number of hydrogen-bond acceptors (Lipinski definition) is 1. The molecular weight excluding hydrogens is 560 g/mol. The van der Waals surface area contributed by atoms with E-state index in [1.54, 1.807) is 36.4 Å². The molecule has 1 aliphatic rings. The smallest absolute Gasteiger partial charge is 0.201 e. The fourth-order valence-electron chi connectivity index (χ4n) is 6.21. The third-order valence-corrected chi connectivity index (χ3v) is 8.97. The van der Waals surface area contributed by atoms with Crippen molar-refractivity contribution in [3.8, 4) is 28.0 Å². The van der Waals surface area contributed by atoms with Crippen molar-refractivity contribution in [1.82, 2.24) is 0 Å². The second-order valence-electron chi connectivity index (χ2n) is 12.3. The van der Waals surface area contributed by atoms with Crippen LogP contribution in [0.1, 0.15) is 116 Å². The van der Waals surface area contributed by atoms with E-state index in [9.17, 15) is 8.78 Å². The second-order valence-corrected chi connectivity index (χ2v) is 12.3. The minimum Gasteiger partial charge on any atom is -0.490 e. The van der Waals surface area contributed by atoms with Gasteiger partial charge in [-0.25, -0.2) is 13.2 Å². The fourth-order valence-corrected chi connectivity index (χ4v) is 6.21. The number of ether oxygens (including phenoxy) is 1. The van der Waals surface area contributed by atoms with E-state index < -0.39 is 23.3 Å². The Balaban J connectivity index is 1.37. The number of unbranched alkanes of at least 4 members (excludes halogenated alkanes) is 9. The molecule has 0 amide bonds. The Morgan fingerprint density at radius 1 is 0.591 bits per heavy atom. The van der Waals surface area contributed by atoms with Gasteiger partial charge >= 0.3 is 0 Å². The van der Waals surface area contributed by atoms with Crippen molar-refractivity contribution < 1.29 is 22.3 Å². The predicted molar refractivity (Wildman–Crippen MR) is 175 cm³/mol. The standard InChI is InChI=1S/C39H48F4O/c1-3-5-7-9-11-13-27-44-35-26-25-34(38(42)39(35)43)31-21-19-30(20-22-31)33-24-23-32(36(40)37(33)41)29-17-15-28(16-18-29)14-12-10-8-6-4-2/h17,19-26,28H,3-16,18,27H2,1-2H3. The molecule has 3 aromatic rings. The van der Waals surface area contributed by atoms with Crippen LogP contribution in [0.15, 0.2) is 54.6 Å². The van der Waals surface area contributed by atoms with Gasteiger partial charge in [0.25, 0.3) is 0 Å². The summed E-state index contributed by atoms with van der Waals surface area (Å²) in [6, 6.07) is 12.6. The van der Waals surface area contributed by atoms with Gasteiger partial charge in [-0.1, -0.05) is 127 Å². The molecule has 0 radical (unpaired) electrons. The van der Waals surface area contributed by atoms with Gasteiger partial charge in [-0.15, -0.1) is 0 Å². The van der Waals surface area contributed by atoms with Gasteiger partial charge in [0.15, 0.2) is 23.2 Å². The lowest BCUT2D eigenvalue weighted by Gasteiger charge is -2.22. The number of halogens is 4. The first-order valence-corrected chi connectivity index (χ1v) is 16.8. The lowest BCUT2D eigenvalue weighted by Crippen LogP contribution is -2.07. The molecule has 5 heteroatoms. The molecule has 0 saturated carbocycles. The molecule has 0 heterocycles. The van der Waals surface area contributed by atoms with E-state index in [0.717, 1.165) is 44.1 Å². The quantitative estimate of drug-likeness (QED) is 0.109. The van der Waals surface area contributed by atoms with Crippen LogP contribution in [0.2, 0.25) is 0 Å². The van der Waals surface area contributed by atoms with Crippen LogP contribution < -0.4 is 4.74 Å². The van der Waals surface area contributed by atoms with Gasteiger partial charge in [-0.2, -0.15) is 4.39 Å². The predicted octanol–water partition coefficient (Wildman–Crippen LogP) is 12.9. The number of allylic oxidation sites excluding steroid dienone is 2. The lowest BCUT2D eigenvalue weighted by molar-refractivity contribution is 0.285. The average molecular weight is 609 g/mol. The van der Waals surface area contributed by atoms with E-state index in [1.807, 2.05) is 0 Å². The Labute approximate surface area is 261 Å². The maximum absolute atomic E-state index is 15.3. The van der Waals surface area contributed by atoms with Crippen LogP contribution in [-0.2, 0) is 0 Å². The Bertz CT molecular complexity index is 1360. The monoisotopic (exact) mass is 608 g/mol. The third-order valence-electron chi connectivity index (χ3n) is 8.97. The Morgan fingerprint density at radius 3 is 1.73 bits per heavy atom. The van der Waals surface area contributed by atoms with Gasteiger partial charge in [-0.05, 0) is 60.4 Å². The van der Waals surface area contributed by atoms with Gasteiger partial charge in [0, 0.05) is 16.7 Å². The maximum Gasteiger partial charge on any atom is 0.201 e. The SMILES string of the molecule is CCCCCCCCOc1ccc(-c2ccc(-c3ccc(C4=CCC(CCCCCCC)CC4)c(F)c3F)cc2)c(F)c1F. The van der Waals surface area contributed by atoms with Gasteiger partial charge in [-0.3, -0.25) is 0 Å². The van der Waals surface area contributed by atoms with E-state index >= 15 is 8.78 Å². The third kappa shape index (κ3) is 8.99. The molecule has 1 aliphatic carbocycles. The van der Waals surface area contributed by atoms with Crippen LogP contribution in [-0.4, -0.2) is 6.61 Å². The minimum atomic E-state index is -1.02. The van der Waals surface area contributed by atoms with Crippen LogP contribution in [0, 0.1) is 29.2 Å². The summed E-state index contributed by atoms with van der Waals surface area (Å²) in [6.07, 6.45) is 18.8. The molecular formula is C39H48F4O. The molecule has 238 valence electrons. The van der Waals surface area contributed by atoms with E-state index in [4.69, 9.17) is 4.74 Å². The summed E-state index contributed by atoms with van der Waals surface area (Å²) >= 11 is 0.